The molecule has 0 saturated heterocycles. The fraction of sp³-hybridized carbons (Fsp3) is 0.706. The molecule has 212 valence electrons. The summed E-state index contributed by atoms with van der Waals surface area (Å²) in [5.74, 6) is 0. The molecule has 2 rings (SSSR count). The molecule has 0 bridgehead atoms. The van der Waals surface area contributed by atoms with Crippen molar-refractivity contribution in [2.45, 2.75) is 158 Å². The first-order valence-corrected chi connectivity index (χ1v) is 15.1. The van der Waals surface area contributed by atoms with Gasteiger partial charge in [0.15, 0.2) is 0 Å². The van der Waals surface area contributed by atoms with Crippen molar-refractivity contribution in [2.75, 3.05) is 0 Å². The van der Waals surface area contributed by atoms with Crippen molar-refractivity contribution in [3.63, 3.8) is 0 Å². The Morgan fingerprint density at radius 1 is 0.432 bits per heavy atom. The van der Waals surface area contributed by atoms with Gasteiger partial charge >= 0.3 is 26.2 Å². The Morgan fingerprint density at radius 2 is 0.730 bits per heavy atom. The summed E-state index contributed by atoms with van der Waals surface area (Å²) in [6.45, 7) is 18.4. The Morgan fingerprint density at radius 3 is 0.973 bits per heavy atom. The zero-order valence-electron chi connectivity index (χ0n) is 25.7. The second-order valence-corrected chi connectivity index (χ2v) is 10.3. The van der Waals surface area contributed by atoms with Crippen molar-refractivity contribution in [1.29, 1.82) is 0 Å². The maximum Gasteiger partial charge on any atom is 4.00 e. The quantitative estimate of drug-likeness (QED) is 0.242. The van der Waals surface area contributed by atoms with Gasteiger partial charge in [-0.05, 0) is 0 Å². The molecule has 2 aromatic carbocycles. The van der Waals surface area contributed by atoms with Crippen LogP contribution in [-0.4, -0.2) is 0 Å². The topological polar surface area (TPSA) is 0 Å². The van der Waals surface area contributed by atoms with Gasteiger partial charge in [-0.1, -0.05) is 158 Å². The molecule has 0 aromatic heterocycles. The van der Waals surface area contributed by atoms with Crippen LogP contribution in [0.5, 0.6) is 0 Å². The predicted molar refractivity (Wildman–Crippen MR) is 156 cm³/mol. The molecule has 0 heterocycles. The minimum absolute atomic E-state index is 0. The van der Waals surface area contributed by atoms with Crippen LogP contribution in [0, 0.1) is 0 Å². The first kappa shape index (κ1) is 41.6. The van der Waals surface area contributed by atoms with E-state index in [1.807, 2.05) is 0 Å². The normalized spacial score (nSPS) is 10.2. The van der Waals surface area contributed by atoms with Crippen LogP contribution in [-0.2, 0) is 77.6 Å². The maximum atomic E-state index is 2.52. The molecule has 0 nitrogen and oxygen atoms in total. The summed E-state index contributed by atoms with van der Waals surface area (Å²) in [7, 11) is 0. The summed E-state index contributed by atoms with van der Waals surface area (Å²) in [6, 6.07) is 5.03. The van der Waals surface area contributed by atoms with Gasteiger partial charge in [0.05, 0.1) is 0 Å². The van der Waals surface area contributed by atoms with Crippen molar-refractivity contribution < 1.29 is 51.0 Å². The van der Waals surface area contributed by atoms with E-state index in [9.17, 15) is 0 Å². The van der Waals surface area contributed by atoms with E-state index >= 15 is 0 Å². The van der Waals surface area contributed by atoms with Gasteiger partial charge in [-0.25, -0.2) is 0 Å². The molecule has 0 N–H and O–H groups in total. The molecular formula is C34H58Cl2Zr. The van der Waals surface area contributed by atoms with Gasteiger partial charge in [0.1, 0.15) is 0 Å². The van der Waals surface area contributed by atoms with Crippen LogP contribution in [0.25, 0.3) is 0 Å². The molecule has 0 amide bonds. The van der Waals surface area contributed by atoms with E-state index in [0.717, 1.165) is 0 Å². The summed E-state index contributed by atoms with van der Waals surface area (Å²) in [5, 5.41) is 0. The first-order chi connectivity index (χ1) is 16.6. The Balaban J connectivity index is -0.000000578. The summed E-state index contributed by atoms with van der Waals surface area (Å²) in [4.78, 5) is 0. The third kappa shape index (κ3) is 13.4. The number of halogens is 2. The van der Waals surface area contributed by atoms with E-state index in [4.69, 9.17) is 0 Å². The molecule has 0 aliphatic heterocycles. The van der Waals surface area contributed by atoms with Gasteiger partial charge in [-0.2, -0.15) is 56.6 Å². The van der Waals surface area contributed by atoms with Crippen molar-refractivity contribution in [3.05, 3.63) is 56.6 Å². The maximum absolute atomic E-state index is 2.52. The van der Waals surface area contributed by atoms with Crippen LogP contribution in [0.1, 0.15) is 151 Å². The largest absolute Gasteiger partial charge is 4.00 e. The van der Waals surface area contributed by atoms with Gasteiger partial charge < -0.3 is 24.8 Å². The van der Waals surface area contributed by atoms with Crippen LogP contribution in [0.3, 0.4) is 0 Å². The fourth-order valence-corrected chi connectivity index (χ4v) is 5.76. The van der Waals surface area contributed by atoms with Crippen molar-refractivity contribution in [3.8, 4) is 0 Å². The number of hydrogen-bond acceptors (Lipinski definition) is 0. The van der Waals surface area contributed by atoms with Gasteiger partial charge in [0, 0.05) is 0 Å². The molecule has 0 saturated carbocycles. The molecule has 0 fully saturated rings. The fourth-order valence-electron chi connectivity index (χ4n) is 5.76. The third-order valence-corrected chi connectivity index (χ3v) is 7.05. The average molecular weight is 629 g/mol. The smallest absolute Gasteiger partial charge is 1.00 e. The molecule has 0 unspecified atom stereocenters. The predicted octanol–water partition coefficient (Wildman–Crippen LogP) is 4.44. The Kier molecular flexibility index (Phi) is 28.3. The average Bonchev–Trinajstić information content (AvgIpc) is 3.29. The molecular weight excluding hydrogens is 571 g/mol. The van der Waals surface area contributed by atoms with Crippen LogP contribution < -0.4 is 24.8 Å². The number of hydrogen-bond donors (Lipinski definition) is 0. The second kappa shape index (κ2) is 25.2. The molecule has 0 spiro atoms. The van der Waals surface area contributed by atoms with E-state index in [1.54, 1.807) is 44.5 Å². The van der Waals surface area contributed by atoms with Gasteiger partial charge in [-0.15, -0.1) is 0 Å². The Labute approximate surface area is 264 Å². The number of rotatable bonds is 16. The Hall–Kier alpha value is 0.163. The molecule has 2 aromatic rings. The standard InChI is InChI=1S/2C17H29.2ClH.Zr/c2*1-5-9-14-13-15(10-6-2)17(12-8-4)16(14)11-7-3;;;/h2*13H,5-12H2,1-4H3;2*1H;/q2*-1;;;+4/p-2. The van der Waals surface area contributed by atoms with E-state index in [2.05, 4.69) is 67.5 Å². The first-order valence-electron chi connectivity index (χ1n) is 15.1. The van der Waals surface area contributed by atoms with Crippen LogP contribution in [0.4, 0.5) is 0 Å². The molecule has 37 heavy (non-hydrogen) atoms. The van der Waals surface area contributed by atoms with Crippen LogP contribution >= 0.6 is 0 Å². The van der Waals surface area contributed by atoms with Crippen LogP contribution in [0.15, 0.2) is 12.1 Å². The van der Waals surface area contributed by atoms with Gasteiger partial charge in [-0.3, -0.25) is 0 Å². The Bertz CT molecular complexity index is 657. The SMILES string of the molecule is CCCc1c[c-](CCC)c(CCC)c1CCC.CCCc1c[c-](CCC)c(CCC)c1CCC.[Cl-].[Cl-].[Zr+4]. The van der Waals surface area contributed by atoms with E-state index in [0.29, 0.717) is 0 Å². The molecule has 0 aliphatic carbocycles. The monoisotopic (exact) mass is 626 g/mol. The van der Waals surface area contributed by atoms with Crippen molar-refractivity contribution >= 4 is 0 Å². The molecule has 0 atom stereocenters. The van der Waals surface area contributed by atoms with E-state index in [1.165, 1.54) is 103 Å². The zero-order valence-corrected chi connectivity index (χ0v) is 29.7. The minimum atomic E-state index is 0. The summed E-state index contributed by atoms with van der Waals surface area (Å²) in [5.41, 5.74) is 13.4. The van der Waals surface area contributed by atoms with Crippen molar-refractivity contribution in [2.24, 2.45) is 0 Å². The molecule has 0 radical (unpaired) electrons. The molecule has 3 heteroatoms. The van der Waals surface area contributed by atoms with Crippen molar-refractivity contribution in [1.82, 2.24) is 0 Å². The third-order valence-electron chi connectivity index (χ3n) is 7.05. The second-order valence-electron chi connectivity index (χ2n) is 10.3. The summed E-state index contributed by atoms with van der Waals surface area (Å²) < 4.78 is 0. The van der Waals surface area contributed by atoms with E-state index in [-0.39, 0.29) is 51.0 Å². The van der Waals surface area contributed by atoms with Gasteiger partial charge in [0.2, 0.25) is 0 Å². The van der Waals surface area contributed by atoms with Crippen LogP contribution in [0.2, 0.25) is 0 Å². The van der Waals surface area contributed by atoms with Gasteiger partial charge in [0.25, 0.3) is 0 Å². The minimum Gasteiger partial charge on any atom is -1.00 e. The zero-order chi connectivity index (χ0) is 25.3. The van der Waals surface area contributed by atoms with E-state index < -0.39 is 0 Å². The molecule has 0 aliphatic rings. The summed E-state index contributed by atoms with van der Waals surface area (Å²) in [6.07, 6.45) is 20.5. The summed E-state index contributed by atoms with van der Waals surface area (Å²) >= 11 is 0. The number of aryl methyl sites for hydroxylation is 4.